The van der Waals surface area contributed by atoms with Gasteiger partial charge in [0.1, 0.15) is 9.92 Å². The van der Waals surface area contributed by atoms with E-state index in [4.69, 9.17) is 4.78 Å². The number of rotatable bonds is 1. The van der Waals surface area contributed by atoms with Gasteiger partial charge in [0.25, 0.3) is 0 Å². The van der Waals surface area contributed by atoms with Crippen molar-refractivity contribution in [1.29, 1.82) is 4.78 Å². The summed E-state index contributed by atoms with van der Waals surface area (Å²) in [5.74, 6) is 0. The highest BCUT2D eigenvalue weighted by molar-refractivity contribution is 7.93. The average Bonchev–Trinajstić information content (AvgIpc) is 2.15. The van der Waals surface area contributed by atoms with E-state index in [1.807, 2.05) is 24.3 Å². The number of benzene rings is 1. The number of para-hydroxylation sites is 1. The van der Waals surface area contributed by atoms with Crippen molar-refractivity contribution < 1.29 is 4.21 Å². The Morgan fingerprint density at radius 2 is 2.14 bits per heavy atom. The Kier molecular flexibility index (Phi) is 2.23. The fourth-order valence-corrected chi connectivity index (χ4v) is 2.89. The SMILES string of the molecule is CS(=N)(=O)N1CCCc2ccccc21. The van der Waals surface area contributed by atoms with Crippen LogP contribution in [0.2, 0.25) is 0 Å². The van der Waals surface area contributed by atoms with Crippen molar-refractivity contribution in [3.63, 3.8) is 0 Å². The summed E-state index contributed by atoms with van der Waals surface area (Å²) in [5.41, 5.74) is 2.18. The molecule has 1 atom stereocenters. The lowest BCUT2D eigenvalue weighted by molar-refractivity contribution is 0.668. The van der Waals surface area contributed by atoms with Gasteiger partial charge in [-0.3, -0.25) is 4.31 Å². The monoisotopic (exact) mass is 210 g/mol. The Morgan fingerprint density at radius 3 is 2.86 bits per heavy atom. The molecule has 1 aromatic carbocycles. The standard InChI is InChI=1S/C10H14N2OS/c1-14(11,13)12-8-4-6-9-5-2-3-7-10(9)12/h2-3,5,7,11H,4,6,8H2,1H3. The van der Waals surface area contributed by atoms with Crippen LogP contribution in [0.25, 0.3) is 0 Å². The maximum atomic E-state index is 11.7. The normalized spacial score (nSPS) is 19.9. The van der Waals surface area contributed by atoms with Crippen molar-refractivity contribution >= 4 is 15.6 Å². The Labute approximate surface area is 84.8 Å². The molecule has 0 spiro atoms. The molecule has 1 unspecified atom stereocenters. The van der Waals surface area contributed by atoms with E-state index >= 15 is 0 Å². The highest BCUT2D eigenvalue weighted by atomic mass is 32.2. The predicted molar refractivity (Wildman–Crippen MR) is 58.9 cm³/mol. The molecular weight excluding hydrogens is 196 g/mol. The van der Waals surface area contributed by atoms with E-state index in [0.717, 1.165) is 25.1 Å². The fraction of sp³-hybridized carbons (Fsp3) is 0.400. The summed E-state index contributed by atoms with van der Waals surface area (Å²) in [7, 11) is -2.61. The molecule has 0 saturated heterocycles. The first kappa shape index (κ1) is 9.52. The van der Waals surface area contributed by atoms with Crippen molar-refractivity contribution in [3.8, 4) is 0 Å². The summed E-state index contributed by atoms with van der Waals surface area (Å²) >= 11 is 0. The summed E-state index contributed by atoms with van der Waals surface area (Å²) in [6.07, 6.45) is 3.50. The van der Waals surface area contributed by atoms with Crippen LogP contribution in [0.3, 0.4) is 0 Å². The molecule has 0 aromatic heterocycles. The van der Waals surface area contributed by atoms with E-state index < -0.39 is 9.92 Å². The maximum absolute atomic E-state index is 11.7. The molecule has 76 valence electrons. The molecule has 0 fully saturated rings. The molecule has 0 aliphatic carbocycles. The van der Waals surface area contributed by atoms with E-state index in [0.29, 0.717) is 0 Å². The summed E-state index contributed by atoms with van der Waals surface area (Å²) < 4.78 is 21.0. The second kappa shape index (κ2) is 3.28. The number of nitrogens with one attached hydrogen (secondary N) is 1. The lowest BCUT2D eigenvalue weighted by Gasteiger charge is -2.30. The Balaban J connectivity index is 2.51. The number of hydrogen-bond acceptors (Lipinski definition) is 2. The maximum Gasteiger partial charge on any atom is 0.126 e. The minimum absolute atomic E-state index is 0.732. The van der Waals surface area contributed by atoms with Crippen LogP contribution in [0.5, 0.6) is 0 Å². The summed E-state index contributed by atoms with van der Waals surface area (Å²) in [5, 5.41) is 0. The minimum Gasteiger partial charge on any atom is -0.286 e. The lowest BCUT2D eigenvalue weighted by Crippen LogP contribution is -2.33. The van der Waals surface area contributed by atoms with Crippen LogP contribution >= 0.6 is 0 Å². The Morgan fingerprint density at radius 1 is 1.43 bits per heavy atom. The number of aryl methyl sites for hydroxylation is 1. The molecule has 0 radical (unpaired) electrons. The van der Waals surface area contributed by atoms with E-state index in [1.54, 1.807) is 4.31 Å². The van der Waals surface area contributed by atoms with Gasteiger partial charge in [0.15, 0.2) is 0 Å². The van der Waals surface area contributed by atoms with Gasteiger partial charge in [-0.25, -0.2) is 8.99 Å². The topological polar surface area (TPSA) is 44.2 Å². The molecule has 1 N–H and O–H groups in total. The van der Waals surface area contributed by atoms with Gasteiger partial charge >= 0.3 is 0 Å². The Hall–Kier alpha value is -1.03. The second-order valence-electron chi connectivity index (χ2n) is 3.64. The minimum atomic E-state index is -2.61. The molecule has 2 rings (SSSR count). The zero-order valence-electron chi connectivity index (χ0n) is 8.19. The highest BCUT2D eigenvalue weighted by Gasteiger charge is 2.20. The molecule has 0 saturated carbocycles. The highest BCUT2D eigenvalue weighted by Crippen LogP contribution is 2.28. The third-order valence-corrected chi connectivity index (χ3v) is 3.71. The van der Waals surface area contributed by atoms with E-state index in [1.165, 1.54) is 11.8 Å². The van der Waals surface area contributed by atoms with Gasteiger partial charge < -0.3 is 0 Å². The van der Waals surface area contributed by atoms with Crippen LogP contribution in [0.4, 0.5) is 5.69 Å². The first-order valence-corrected chi connectivity index (χ1v) is 6.61. The van der Waals surface area contributed by atoms with E-state index in [-0.39, 0.29) is 0 Å². The van der Waals surface area contributed by atoms with Gasteiger partial charge in [0, 0.05) is 12.8 Å². The lowest BCUT2D eigenvalue weighted by atomic mass is 10.0. The van der Waals surface area contributed by atoms with Crippen LogP contribution in [0, 0.1) is 4.78 Å². The zero-order valence-corrected chi connectivity index (χ0v) is 9.01. The van der Waals surface area contributed by atoms with Crippen LogP contribution < -0.4 is 4.31 Å². The summed E-state index contributed by atoms with van der Waals surface area (Å²) in [6, 6.07) is 7.92. The third kappa shape index (κ3) is 1.62. The molecule has 4 heteroatoms. The first-order valence-electron chi connectivity index (χ1n) is 4.68. The molecule has 3 nitrogen and oxygen atoms in total. The van der Waals surface area contributed by atoms with Crippen molar-refractivity contribution in [2.24, 2.45) is 0 Å². The quantitative estimate of drug-likeness (QED) is 0.757. The largest absolute Gasteiger partial charge is 0.286 e. The smallest absolute Gasteiger partial charge is 0.126 e. The molecule has 1 heterocycles. The molecule has 1 aliphatic heterocycles. The van der Waals surface area contributed by atoms with Crippen LogP contribution in [0.1, 0.15) is 12.0 Å². The zero-order chi connectivity index (χ0) is 10.2. The number of nitrogens with zero attached hydrogens (tertiary/aromatic N) is 1. The number of anilines is 1. The van der Waals surface area contributed by atoms with Gasteiger partial charge in [0.05, 0.1) is 5.69 Å². The molecule has 14 heavy (non-hydrogen) atoms. The van der Waals surface area contributed by atoms with Gasteiger partial charge in [-0.2, -0.15) is 0 Å². The van der Waals surface area contributed by atoms with Crippen LogP contribution in [0.15, 0.2) is 24.3 Å². The molecule has 0 bridgehead atoms. The summed E-state index contributed by atoms with van der Waals surface area (Å²) in [4.78, 5) is 0. The second-order valence-corrected chi connectivity index (χ2v) is 5.68. The van der Waals surface area contributed by atoms with Gasteiger partial charge in [0.2, 0.25) is 0 Å². The van der Waals surface area contributed by atoms with Gasteiger partial charge in [-0.1, -0.05) is 18.2 Å². The fourth-order valence-electron chi connectivity index (χ4n) is 1.86. The number of hydrogen-bond donors (Lipinski definition) is 1. The van der Waals surface area contributed by atoms with Gasteiger partial charge in [-0.05, 0) is 24.5 Å². The molecule has 1 aliphatic rings. The van der Waals surface area contributed by atoms with Crippen LogP contribution in [-0.4, -0.2) is 17.0 Å². The molecule has 1 aromatic rings. The van der Waals surface area contributed by atoms with Crippen molar-refractivity contribution in [2.75, 3.05) is 17.1 Å². The van der Waals surface area contributed by atoms with E-state index in [9.17, 15) is 4.21 Å². The molecule has 0 amide bonds. The number of fused-ring (bicyclic) bond motifs is 1. The van der Waals surface area contributed by atoms with Crippen molar-refractivity contribution in [2.45, 2.75) is 12.8 Å². The third-order valence-electron chi connectivity index (χ3n) is 2.49. The van der Waals surface area contributed by atoms with E-state index in [2.05, 4.69) is 0 Å². The van der Waals surface area contributed by atoms with Crippen molar-refractivity contribution in [1.82, 2.24) is 0 Å². The molecular formula is C10H14N2OS. The van der Waals surface area contributed by atoms with Crippen molar-refractivity contribution in [3.05, 3.63) is 29.8 Å². The average molecular weight is 210 g/mol. The first-order chi connectivity index (χ1) is 6.59. The van der Waals surface area contributed by atoms with Gasteiger partial charge in [-0.15, -0.1) is 0 Å². The van der Waals surface area contributed by atoms with Crippen LogP contribution in [-0.2, 0) is 16.3 Å². The summed E-state index contributed by atoms with van der Waals surface area (Å²) in [6.45, 7) is 0.732. The Bertz CT molecular complexity index is 439. The predicted octanol–water partition coefficient (Wildman–Crippen LogP) is 2.03.